The van der Waals surface area contributed by atoms with Crippen LogP contribution < -0.4 is 0 Å². The average Bonchev–Trinajstić information content (AvgIpc) is 3.25. The van der Waals surface area contributed by atoms with Crippen LogP contribution in [-0.2, 0) is 0 Å². The van der Waals surface area contributed by atoms with E-state index in [0.29, 0.717) is 28.5 Å². The van der Waals surface area contributed by atoms with Crippen molar-refractivity contribution in [3.05, 3.63) is 68.3 Å². The topological polar surface area (TPSA) is 69.2 Å². The normalized spacial score (nSPS) is 15.7. The second-order valence-corrected chi connectivity index (χ2v) is 8.96. The first-order valence-electron chi connectivity index (χ1n) is 10.1. The number of hydrogen-bond acceptors (Lipinski definition) is 3. The molecule has 0 saturated heterocycles. The first-order valence-corrected chi connectivity index (χ1v) is 11.2. The van der Waals surface area contributed by atoms with Crippen molar-refractivity contribution in [3.8, 4) is 17.0 Å². The first-order chi connectivity index (χ1) is 14.4. The maximum atomic E-state index is 13.2. The minimum absolute atomic E-state index is 0.0644. The summed E-state index contributed by atoms with van der Waals surface area (Å²) in [6.45, 7) is 4.65. The number of carbonyl (C=O) groups is 1. The number of nitrogens with one attached hydrogen (secondary N) is 1. The second-order valence-electron chi connectivity index (χ2n) is 7.64. The van der Waals surface area contributed by atoms with Gasteiger partial charge in [-0.05, 0) is 48.7 Å². The lowest BCUT2D eigenvalue weighted by atomic mass is 9.95. The molecule has 2 aromatic carbocycles. The summed E-state index contributed by atoms with van der Waals surface area (Å²) in [5.41, 5.74) is 4.13. The number of aromatic nitrogens is 2. The molecule has 0 aliphatic carbocycles. The van der Waals surface area contributed by atoms with Crippen molar-refractivity contribution < 1.29 is 9.90 Å². The van der Waals surface area contributed by atoms with Crippen LogP contribution in [0.2, 0.25) is 5.02 Å². The van der Waals surface area contributed by atoms with Crippen LogP contribution in [-0.4, -0.2) is 32.7 Å². The van der Waals surface area contributed by atoms with Gasteiger partial charge in [0.2, 0.25) is 0 Å². The van der Waals surface area contributed by atoms with E-state index in [1.807, 2.05) is 36.1 Å². The van der Waals surface area contributed by atoms with Gasteiger partial charge >= 0.3 is 0 Å². The highest BCUT2D eigenvalue weighted by Crippen LogP contribution is 2.45. The van der Waals surface area contributed by atoms with Crippen molar-refractivity contribution in [1.29, 1.82) is 0 Å². The number of fused-ring (bicyclic) bond motifs is 1. The zero-order valence-corrected chi connectivity index (χ0v) is 19.2. The van der Waals surface area contributed by atoms with E-state index < -0.39 is 0 Å². The molecule has 0 radical (unpaired) electrons. The summed E-state index contributed by atoms with van der Waals surface area (Å²) in [6, 6.07) is 11.1. The van der Waals surface area contributed by atoms with Gasteiger partial charge in [0, 0.05) is 27.2 Å². The Bertz CT molecular complexity index is 1090. The molecule has 4 rings (SSSR count). The van der Waals surface area contributed by atoms with E-state index in [9.17, 15) is 9.90 Å². The number of phenols is 1. The number of amides is 1. The molecule has 5 nitrogen and oxygen atoms in total. The number of carbonyl (C=O) groups excluding carboxylic acids is 1. The molecule has 156 valence electrons. The van der Waals surface area contributed by atoms with E-state index in [4.69, 9.17) is 11.6 Å². The summed E-state index contributed by atoms with van der Waals surface area (Å²) >= 11 is 9.82. The van der Waals surface area contributed by atoms with Crippen LogP contribution >= 0.6 is 27.5 Å². The minimum Gasteiger partial charge on any atom is -0.507 e. The Morgan fingerprint density at radius 3 is 2.67 bits per heavy atom. The Kier molecular flexibility index (Phi) is 5.89. The SMILES string of the molecule is CCCCCN1C(=O)c2[nH]nc(-c3cc(Cl)c(C)cc3O)c2C1c1ccc(Br)cc1. The molecule has 1 unspecified atom stereocenters. The fraction of sp³-hybridized carbons (Fsp3) is 0.304. The van der Waals surface area contributed by atoms with E-state index in [1.54, 1.807) is 12.1 Å². The van der Waals surface area contributed by atoms with Gasteiger partial charge in [0.25, 0.3) is 5.91 Å². The van der Waals surface area contributed by atoms with E-state index in [2.05, 4.69) is 33.1 Å². The number of aromatic hydroxyl groups is 1. The molecular formula is C23H23BrClN3O2. The minimum atomic E-state index is -0.273. The number of unbranched alkanes of at least 4 members (excludes halogenated alkanes) is 2. The van der Waals surface area contributed by atoms with Crippen LogP contribution in [0.4, 0.5) is 0 Å². The highest BCUT2D eigenvalue weighted by atomic mass is 79.9. The van der Waals surface area contributed by atoms with Gasteiger partial charge in [-0.25, -0.2) is 0 Å². The molecule has 1 aliphatic heterocycles. The van der Waals surface area contributed by atoms with E-state index in [0.717, 1.165) is 40.4 Å². The number of aryl methyl sites for hydroxylation is 1. The molecule has 2 heterocycles. The molecule has 2 N–H and O–H groups in total. The van der Waals surface area contributed by atoms with Crippen molar-refractivity contribution in [2.75, 3.05) is 6.54 Å². The quantitative estimate of drug-likeness (QED) is 0.403. The Hall–Kier alpha value is -2.31. The number of H-pyrrole nitrogens is 1. The molecule has 0 bridgehead atoms. The average molecular weight is 489 g/mol. The van der Waals surface area contributed by atoms with Gasteiger partial charge in [0.05, 0.1) is 6.04 Å². The third-order valence-corrected chi connectivity index (χ3v) is 6.52. The van der Waals surface area contributed by atoms with E-state index in [-0.39, 0.29) is 17.7 Å². The van der Waals surface area contributed by atoms with Crippen molar-refractivity contribution in [1.82, 2.24) is 15.1 Å². The fourth-order valence-corrected chi connectivity index (χ4v) is 4.44. The Morgan fingerprint density at radius 1 is 1.23 bits per heavy atom. The van der Waals surface area contributed by atoms with Gasteiger partial charge < -0.3 is 10.0 Å². The van der Waals surface area contributed by atoms with Crippen molar-refractivity contribution in [2.24, 2.45) is 0 Å². The molecule has 1 atom stereocenters. The van der Waals surface area contributed by atoms with Crippen LogP contribution in [0.1, 0.15) is 59.4 Å². The highest BCUT2D eigenvalue weighted by Gasteiger charge is 2.42. The van der Waals surface area contributed by atoms with Crippen molar-refractivity contribution >= 4 is 33.4 Å². The largest absolute Gasteiger partial charge is 0.507 e. The Labute approximate surface area is 189 Å². The smallest absolute Gasteiger partial charge is 0.273 e. The van der Waals surface area contributed by atoms with Crippen LogP contribution in [0.15, 0.2) is 40.9 Å². The summed E-state index contributed by atoms with van der Waals surface area (Å²) in [7, 11) is 0. The number of phenolic OH excluding ortho intramolecular Hbond substituents is 1. The molecule has 3 aromatic rings. The number of halogens is 2. The summed E-state index contributed by atoms with van der Waals surface area (Å²) in [4.78, 5) is 15.1. The van der Waals surface area contributed by atoms with Crippen LogP contribution in [0.25, 0.3) is 11.3 Å². The number of nitrogens with zero attached hydrogens (tertiary/aromatic N) is 2. The zero-order valence-electron chi connectivity index (χ0n) is 16.9. The lowest BCUT2D eigenvalue weighted by molar-refractivity contribution is 0.0740. The molecule has 0 fully saturated rings. The lowest BCUT2D eigenvalue weighted by Crippen LogP contribution is -2.30. The van der Waals surface area contributed by atoms with E-state index in [1.165, 1.54) is 0 Å². The number of benzene rings is 2. The third kappa shape index (κ3) is 3.63. The predicted molar refractivity (Wildman–Crippen MR) is 122 cm³/mol. The molecule has 1 aliphatic rings. The van der Waals surface area contributed by atoms with Crippen molar-refractivity contribution in [2.45, 2.75) is 39.2 Å². The number of rotatable bonds is 6. The summed E-state index contributed by atoms with van der Waals surface area (Å²) in [5.74, 6) is 0.0307. The zero-order chi connectivity index (χ0) is 21.4. The van der Waals surface area contributed by atoms with Gasteiger partial charge in [-0.15, -0.1) is 0 Å². The summed E-state index contributed by atoms with van der Waals surface area (Å²) in [5, 5.41) is 18.5. The molecule has 30 heavy (non-hydrogen) atoms. The standard InChI is InChI=1S/C23H23BrClN3O2/c1-3-4-5-10-28-22(14-6-8-15(24)9-7-14)19-20(26-27-21(19)23(28)30)16-12-17(25)13(2)11-18(16)29/h6-9,11-12,22,29H,3-5,10H2,1-2H3,(H,26,27). The lowest BCUT2D eigenvalue weighted by Gasteiger charge is -2.26. The Morgan fingerprint density at radius 2 is 1.97 bits per heavy atom. The molecule has 1 aromatic heterocycles. The maximum Gasteiger partial charge on any atom is 0.273 e. The molecule has 1 amide bonds. The maximum absolute atomic E-state index is 13.2. The molecule has 0 saturated carbocycles. The van der Waals surface area contributed by atoms with E-state index >= 15 is 0 Å². The van der Waals surface area contributed by atoms with Crippen LogP contribution in [0.3, 0.4) is 0 Å². The number of hydrogen-bond donors (Lipinski definition) is 2. The van der Waals surface area contributed by atoms with Gasteiger partial charge in [0.15, 0.2) is 0 Å². The van der Waals surface area contributed by atoms with Gasteiger partial charge in [-0.1, -0.05) is 59.4 Å². The summed E-state index contributed by atoms with van der Waals surface area (Å²) < 4.78 is 0.976. The molecule has 0 spiro atoms. The van der Waals surface area contributed by atoms with Crippen molar-refractivity contribution in [3.63, 3.8) is 0 Å². The van der Waals surface area contributed by atoms with Gasteiger partial charge in [-0.2, -0.15) is 5.10 Å². The molecule has 7 heteroatoms. The van der Waals surface area contributed by atoms with Crippen LogP contribution in [0, 0.1) is 6.92 Å². The molecular weight excluding hydrogens is 466 g/mol. The highest BCUT2D eigenvalue weighted by molar-refractivity contribution is 9.10. The summed E-state index contributed by atoms with van der Waals surface area (Å²) in [6.07, 6.45) is 3.08. The number of aromatic amines is 1. The second kappa shape index (κ2) is 8.44. The van der Waals surface area contributed by atoms with Gasteiger partial charge in [0.1, 0.15) is 17.1 Å². The third-order valence-electron chi connectivity index (χ3n) is 5.58. The predicted octanol–water partition coefficient (Wildman–Crippen LogP) is 6.24. The van der Waals surface area contributed by atoms with Crippen LogP contribution in [0.5, 0.6) is 5.75 Å². The van der Waals surface area contributed by atoms with Gasteiger partial charge in [-0.3, -0.25) is 9.89 Å². The fourth-order valence-electron chi connectivity index (χ4n) is 4.01. The Balaban J connectivity index is 1.86. The monoisotopic (exact) mass is 487 g/mol. The first kappa shape index (κ1) is 20.9.